The summed E-state index contributed by atoms with van der Waals surface area (Å²) < 4.78 is 7.24. The zero-order valence-corrected chi connectivity index (χ0v) is 24.6. The first kappa shape index (κ1) is 29.7. The molecule has 0 amide bonds. The molecule has 3 rings (SSSR count). The van der Waals surface area contributed by atoms with Crippen LogP contribution in [0.3, 0.4) is 0 Å². The van der Waals surface area contributed by atoms with Crippen molar-refractivity contribution < 1.29 is 9.53 Å². The lowest BCUT2D eigenvalue weighted by atomic mass is 9.94. The maximum Gasteiger partial charge on any atom is 0.338 e. The molecule has 0 radical (unpaired) electrons. The Morgan fingerprint density at radius 1 is 0.757 bits per heavy atom. The van der Waals surface area contributed by atoms with Gasteiger partial charge in [-0.05, 0) is 48.6 Å². The summed E-state index contributed by atoms with van der Waals surface area (Å²) in [5.74, 6) is 0.327. The van der Waals surface area contributed by atoms with Gasteiger partial charge in [0.1, 0.15) is 0 Å². The number of aryl methyl sites for hydroxylation is 1. The van der Waals surface area contributed by atoms with E-state index in [0.717, 1.165) is 16.3 Å². The van der Waals surface area contributed by atoms with E-state index in [-0.39, 0.29) is 5.97 Å². The molecule has 0 bridgehead atoms. The summed E-state index contributed by atoms with van der Waals surface area (Å²) in [5.41, 5.74) is 0.725. The second kappa shape index (κ2) is 16.9. The predicted molar refractivity (Wildman–Crippen MR) is 163 cm³/mol. The quantitative estimate of drug-likeness (QED) is 0.116. The van der Waals surface area contributed by atoms with Gasteiger partial charge in [0.05, 0.1) is 12.2 Å². The van der Waals surface area contributed by atoms with Crippen LogP contribution in [-0.4, -0.2) is 12.6 Å². The molecule has 1 unspecified atom stereocenters. The molecule has 0 aliphatic carbocycles. The molecular weight excluding hydrogens is 472 g/mol. The van der Waals surface area contributed by atoms with Gasteiger partial charge < -0.3 is 4.74 Å². The van der Waals surface area contributed by atoms with Crippen molar-refractivity contribution in [2.45, 2.75) is 124 Å². The summed E-state index contributed by atoms with van der Waals surface area (Å²) in [5, 5.41) is 3.39. The van der Waals surface area contributed by atoms with Crippen LogP contribution in [0.4, 0.5) is 0 Å². The number of thiophene rings is 1. The SMILES string of the molecule is CCCCCCCCCCC(CCCCCCCC)COC(=O)c1cc2ccccc2c2sc(C)cc12. The lowest BCUT2D eigenvalue weighted by molar-refractivity contribution is 0.0424. The average Bonchev–Trinajstić information content (AvgIpc) is 3.31. The van der Waals surface area contributed by atoms with Crippen LogP contribution < -0.4 is 0 Å². The first-order chi connectivity index (χ1) is 18.1. The van der Waals surface area contributed by atoms with E-state index in [1.807, 2.05) is 12.1 Å². The smallest absolute Gasteiger partial charge is 0.338 e. The van der Waals surface area contributed by atoms with Crippen LogP contribution >= 0.6 is 11.3 Å². The van der Waals surface area contributed by atoms with Gasteiger partial charge in [0.25, 0.3) is 0 Å². The summed E-state index contributed by atoms with van der Waals surface area (Å²) >= 11 is 1.77. The van der Waals surface area contributed by atoms with Crippen LogP contribution in [-0.2, 0) is 4.74 Å². The number of ether oxygens (including phenoxy) is 1. The van der Waals surface area contributed by atoms with Crippen LogP contribution in [0.15, 0.2) is 36.4 Å². The number of carbonyl (C=O) groups excluding carboxylic acids is 1. The van der Waals surface area contributed by atoms with Crippen LogP contribution in [0.1, 0.15) is 132 Å². The first-order valence-electron chi connectivity index (χ1n) is 15.2. The van der Waals surface area contributed by atoms with Gasteiger partial charge in [0.2, 0.25) is 0 Å². The fourth-order valence-electron chi connectivity index (χ4n) is 5.51. The average molecular weight is 523 g/mol. The predicted octanol–water partition coefficient (Wildman–Crippen LogP) is 11.4. The highest BCUT2D eigenvalue weighted by Crippen LogP contribution is 2.35. The summed E-state index contributed by atoms with van der Waals surface area (Å²) in [7, 11) is 0. The highest BCUT2D eigenvalue weighted by Gasteiger charge is 2.18. The van der Waals surface area contributed by atoms with E-state index in [1.54, 1.807) is 11.3 Å². The number of esters is 1. The third-order valence-corrected chi connectivity index (χ3v) is 8.84. The van der Waals surface area contributed by atoms with E-state index in [0.29, 0.717) is 12.5 Å². The maximum atomic E-state index is 13.3. The molecule has 0 spiro atoms. The van der Waals surface area contributed by atoms with Crippen LogP contribution in [0, 0.1) is 12.8 Å². The molecular formula is C34H50O2S. The second-order valence-electron chi connectivity index (χ2n) is 11.0. The number of carbonyl (C=O) groups is 1. The molecule has 1 heterocycles. The molecule has 0 fully saturated rings. The summed E-state index contributed by atoms with van der Waals surface area (Å²) in [6, 6.07) is 12.6. The standard InChI is InChI=1S/C34H50O2S/c1-4-6-8-10-12-13-15-17-21-28(20-16-14-11-9-7-5-2)26-36-34(35)32-25-29-22-18-19-23-30(29)33-31(32)24-27(3)37-33/h18-19,22-25,28H,4-17,20-21,26H2,1-3H3. The third-order valence-electron chi connectivity index (χ3n) is 7.75. The van der Waals surface area contributed by atoms with Crippen LogP contribution in [0.5, 0.6) is 0 Å². The van der Waals surface area contributed by atoms with E-state index >= 15 is 0 Å². The monoisotopic (exact) mass is 522 g/mol. The minimum absolute atomic E-state index is 0.155. The number of rotatable bonds is 19. The van der Waals surface area contributed by atoms with Gasteiger partial charge >= 0.3 is 5.97 Å². The van der Waals surface area contributed by atoms with Crippen molar-refractivity contribution in [2.24, 2.45) is 5.92 Å². The highest BCUT2D eigenvalue weighted by molar-refractivity contribution is 7.20. The number of benzene rings is 2. The second-order valence-corrected chi connectivity index (χ2v) is 12.3. The summed E-state index contributed by atoms with van der Waals surface area (Å²) in [6.45, 7) is 7.23. The molecule has 0 aliphatic rings. The lowest BCUT2D eigenvalue weighted by Gasteiger charge is -2.18. The number of fused-ring (bicyclic) bond motifs is 3. The molecule has 0 N–H and O–H groups in total. The normalized spacial score (nSPS) is 12.4. The van der Waals surface area contributed by atoms with Crippen molar-refractivity contribution in [2.75, 3.05) is 6.61 Å². The number of unbranched alkanes of at least 4 members (excludes halogenated alkanes) is 12. The molecule has 3 heteroatoms. The van der Waals surface area contributed by atoms with Crippen molar-refractivity contribution in [1.29, 1.82) is 0 Å². The highest BCUT2D eigenvalue weighted by atomic mass is 32.1. The molecule has 0 saturated carbocycles. The molecule has 37 heavy (non-hydrogen) atoms. The summed E-state index contributed by atoms with van der Waals surface area (Å²) in [6.07, 6.45) is 21.0. The zero-order valence-electron chi connectivity index (χ0n) is 23.8. The van der Waals surface area contributed by atoms with Crippen molar-refractivity contribution in [3.63, 3.8) is 0 Å². The molecule has 204 valence electrons. The van der Waals surface area contributed by atoms with Gasteiger partial charge in [-0.1, -0.05) is 128 Å². The van der Waals surface area contributed by atoms with Crippen molar-refractivity contribution in [1.82, 2.24) is 0 Å². The minimum Gasteiger partial charge on any atom is -0.462 e. The fraction of sp³-hybridized carbons (Fsp3) is 0.618. The molecule has 1 aromatic heterocycles. The van der Waals surface area contributed by atoms with Gasteiger partial charge in [-0.3, -0.25) is 0 Å². The summed E-state index contributed by atoms with van der Waals surface area (Å²) in [4.78, 5) is 14.6. The van der Waals surface area contributed by atoms with E-state index < -0.39 is 0 Å². The van der Waals surface area contributed by atoms with E-state index in [9.17, 15) is 4.79 Å². The third kappa shape index (κ3) is 9.74. The Morgan fingerprint density at radius 2 is 1.32 bits per heavy atom. The van der Waals surface area contributed by atoms with Gasteiger partial charge in [0, 0.05) is 15.0 Å². The van der Waals surface area contributed by atoms with Crippen molar-refractivity contribution >= 4 is 38.2 Å². The lowest BCUT2D eigenvalue weighted by Crippen LogP contribution is -2.15. The molecule has 0 saturated heterocycles. The number of hydrogen-bond acceptors (Lipinski definition) is 3. The van der Waals surface area contributed by atoms with E-state index in [2.05, 4.69) is 45.0 Å². The molecule has 2 nitrogen and oxygen atoms in total. The topological polar surface area (TPSA) is 26.3 Å². The maximum absolute atomic E-state index is 13.3. The molecule has 2 aromatic carbocycles. The van der Waals surface area contributed by atoms with Crippen LogP contribution in [0.2, 0.25) is 0 Å². The molecule has 3 aromatic rings. The van der Waals surface area contributed by atoms with Gasteiger partial charge in [0.15, 0.2) is 0 Å². The Morgan fingerprint density at radius 3 is 1.95 bits per heavy atom. The van der Waals surface area contributed by atoms with Gasteiger partial charge in [-0.25, -0.2) is 4.79 Å². The largest absolute Gasteiger partial charge is 0.462 e. The first-order valence-corrected chi connectivity index (χ1v) is 16.0. The Bertz CT molecular complexity index is 1070. The number of hydrogen-bond donors (Lipinski definition) is 0. The van der Waals surface area contributed by atoms with E-state index in [4.69, 9.17) is 4.74 Å². The Hall–Kier alpha value is -1.87. The Balaban J connectivity index is 1.56. The van der Waals surface area contributed by atoms with Gasteiger partial charge in [-0.15, -0.1) is 11.3 Å². The Labute approximate surface area is 230 Å². The fourth-order valence-corrected chi connectivity index (χ4v) is 6.58. The Kier molecular flexibility index (Phi) is 13.5. The van der Waals surface area contributed by atoms with Crippen molar-refractivity contribution in [3.8, 4) is 0 Å². The van der Waals surface area contributed by atoms with E-state index in [1.165, 1.54) is 118 Å². The van der Waals surface area contributed by atoms with Gasteiger partial charge in [-0.2, -0.15) is 0 Å². The zero-order chi connectivity index (χ0) is 26.3. The van der Waals surface area contributed by atoms with Crippen LogP contribution in [0.25, 0.3) is 20.9 Å². The molecule has 1 atom stereocenters. The minimum atomic E-state index is -0.155. The van der Waals surface area contributed by atoms with Crippen molar-refractivity contribution in [3.05, 3.63) is 46.8 Å². The molecule has 0 aliphatic heterocycles.